The van der Waals surface area contributed by atoms with E-state index in [1.54, 1.807) is 24.0 Å². The van der Waals surface area contributed by atoms with Crippen LogP contribution in [0.15, 0.2) is 61.2 Å². The van der Waals surface area contributed by atoms with Crippen molar-refractivity contribution in [2.24, 2.45) is 11.8 Å². The number of benzene rings is 2. The monoisotopic (exact) mass is 580 g/mol. The first-order valence-corrected chi connectivity index (χ1v) is 14.6. The van der Waals surface area contributed by atoms with E-state index in [4.69, 9.17) is 21.1 Å². The molecule has 41 heavy (non-hydrogen) atoms. The van der Waals surface area contributed by atoms with E-state index in [0.717, 1.165) is 5.56 Å². The largest absolute Gasteiger partial charge is 0.466 e. The number of aliphatic hydroxyl groups excluding tert-OH is 1. The van der Waals surface area contributed by atoms with Gasteiger partial charge in [-0.3, -0.25) is 14.4 Å². The second kappa shape index (κ2) is 11.2. The highest BCUT2D eigenvalue weighted by Crippen LogP contribution is 2.65. The van der Waals surface area contributed by atoms with Crippen LogP contribution in [-0.4, -0.2) is 64.8 Å². The number of esters is 1. The van der Waals surface area contributed by atoms with Gasteiger partial charge in [-0.15, -0.1) is 6.58 Å². The smallest absolute Gasteiger partial charge is 0.312 e. The van der Waals surface area contributed by atoms with E-state index >= 15 is 0 Å². The third-order valence-corrected chi connectivity index (χ3v) is 9.43. The molecule has 9 heteroatoms. The highest BCUT2D eigenvalue weighted by atomic mass is 35.5. The van der Waals surface area contributed by atoms with Crippen LogP contribution in [-0.2, 0) is 23.9 Å². The fourth-order valence-corrected chi connectivity index (χ4v) is 7.75. The van der Waals surface area contributed by atoms with E-state index in [2.05, 4.69) is 6.58 Å². The third kappa shape index (κ3) is 4.39. The summed E-state index contributed by atoms with van der Waals surface area (Å²) in [6, 6.07) is 12.6. The van der Waals surface area contributed by atoms with Crippen LogP contribution in [0.4, 0.5) is 5.69 Å². The van der Waals surface area contributed by atoms with Gasteiger partial charge in [-0.25, -0.2) is 0 Å². The molecule has 6 atom stereocenters. The number of halogens is 1. The molecule has 2 amide bonds. The molecule has 3 heterocycles. The van der Waals surface area contributed by atoms with Crippen LogP contribution in [0, 0.1) is 18.8 Å². The Morgan fingerprint density at radius 1 is 1.22 bits per heavy atom. The molecule has 2 unspecified atom stereocenters. The van der Waals surface area contributed by atoms with Crippen LogP contribution >= 0.6 is 11.6 Å². The Labute approximate surface area is 245 Å². The number of rotatable bonds is 10. The normalized spacial score (nSPS) is 28.9. The van der Waals surface area contributed by atoms with Crippen molar-refractivity contribution in [2.45, 2.75) is 63.3 Å². The number of para-hydroxylation sites is 1. The topological polar surface area (TPSA) is 96.4 Å². The Morgan fingerprint density at radius 2 is 1.95 bits per heavy atom. The number of anilines is 1. The first-order chi connectivity index (χ1) is 19.7. The maximum atomic E-state index is 14.9. The van der Waals surface area contributed by atoms with Gasteiger partial charge in [0.25, 0.3) is 5.91 Å². The Kier molecular flexibility index (Phi) is 8.03. The van der Waals surface area contributed by atoms with Gasteiger partial charge < -0.3 is 24.4 Å². The highest BCUT2D eigenvalue weighted by molar-refractivity contribution is 6.34. The van der Waals surface area contributed by atoms with Crippen LogP contribution in [0.1, 0.15) is 50.3 Å². The summed E-state index contributed by atoms with van der Waals surface area (Å²) in [6.45, 7) is 9.28. The summed E-state index contributed by atoms with van der Waals surface area (Å²) in [5.41, 5.74) is -0.216. The number of likely N-dealkylation sites (tertiary alicyclic amines) is 1. The molecule has 0 saturated carbocycles. The molecule has 2 aromatic carbocycles. The van der Waals surface area contributed by atoms with Gasteiger partial charge in [0.15, 0.2) is 0 Å². The van der Waals surface area contributed by atoms with Crippen LogP contribution in [0.3, 0.4) is 0 Å². The number of carbonyl (C=O) groups excluding carboxylic acids is 3. The van der Waals surface area contributed by atoms with E-state index in [-0.39, 0.29) is 13.2 Å². The fraction of sp³-hybridized carbons (Fsp3) is 0.469. The maximum Gasteiger partial charge on any atom is 0.312 e. The van der Waals surface area contributed by atoms with Crippen LogP contribution in [0.5, 0.6) is 0 Å². The lowest BCUT2D eigenvalue weighted by Gasteiger charge is -2.40. The van der Waals surface area contributed by atoms with E-state index in [0.29, 0.717) is 35.5 Å². The number of amides is 2. The minimum atomic E-state index is -1.28. The van der Waals surface area contributed by atoms with E-state index < -0.39 is 59.5 Å². The predicted molar refractivity (Wildman–Crippen MR) is 155 cm³/mol. The van der Waals surface area contributed by atoms with Crippen molar-refractivity contribution < 1.29 is 29.0 Å². The van der Waals surface area contributed by atoms with Gasteiger partial charge in [0.2, 0.25) is 5.91 Å². The SMILES string of the molecule is C=CCN(C(=O)C1N([C@H](CO)c2ccccc2)C(=O)[C@@H]2[C@@H](C(=O)OCC)[C@@]3(CC)CCC12O3)c1c(C)cccc1Cl. The Morgan fingerprint density at radius 3 is 2.56 bits per heavy atom. The van der Waals surface area contributed by atoms with Gasteiger partial charge in [-0.05, 0) is 50.3 Å². The number of aliphatic hydroxyl groups is 1. The maximum absolute atomic E-state index is 14.9. The quantitative estimate of drug-likeness (QED) is 0.325. The molecule has 0 aromatic heterocycles. The summed E-state index contributed by atoms with van der Waals surface area (Å²) in [5, 5.41) is 11.1. The van der Waals surface area contributed by atoms with Gasteiger partial charge >= 0.3 is 5.97 Å². The van der Waals surface area contributed by atoms with Gasteiger partial charge in [0.1, 0.15) is 17.6 Å². The van der Waals surface area contributed by atoms with Gasteiger partial charge in [0.05, 0.1) is 41.5 Å². The molecular weight excluding hydrogens is 544 g/mol. The zero-order chi connectivity index (χ0) is 29.5. The molecule has 3 aliphatic rings. The Hall–Kier alpha value is -3.20. The average Bonchev–Trinajstić information content (AvgIpc) is 3.57. The number of nitrogens with zero attached hydrogens (tertiary/aromatic N) is 2. The predicted octanol–water partition coefficient (Wildman–Crippen LogP) is 4.62. The molecule has 2 aromatic rings. The van der Waals surface area contributed by atoms with Crippen LogP contribution < -0.4 is 4.90 Å². The third-order valence-electron chi connectivity index (χ3n) is 9.12. The fourth-order valence-electron chi connectivity index (χ4n) is 7.42. The van der Waals surface area contributed by atoms with Crippen molar-refractivity contribution in [3.63, 3.8) is 0 Å². The second-order valence-corrected chi connectivity index (χ2v) is 11.5. The zero-order valence-corrected chi connectivity index (χ0v) is 24.5. The first-order valence-electron chi connectivity index (χ1n) is 14.2. The van der Waals surface area contributed by atoms with Crippen molar-refractivity contribution in [3.05, 3.63) is 77.3 Å². The van der Waals surface area contributed by atoms with Crippen molar-refractivity contribution in [1.29, 1.82) is 0 Å². The summed E-state index contributed by atoms with van der Waals surface area (Å²) < 4.78 is 12.3. The number of fused-ring (bicyclic) bond motifs is 1. The lowest BCUT2D eigenvalue weighted by atomic mass is 9.65. The molecule has 0 radical (unpaired) electrons. The summed E-state index contributed by atoms with van der Waals surface area (Å²) >= 11 is 6.65. The number of carbonyl (C=O) groups is 3. The van der Waals surface area contributed by atoms with E-state index in [9.17, 15) is 19.5 Å². The minimum Gasteiger partial charge on any atom is -0.466 e. The number of hydrogen-bond donors (Lipinski definition) is 1. The van der Waals surface area contributed by atoms with E-state index in [1.165, 1.54) is 4.90 Å². The van der Waals surface area contributed by atoms with Crippen molar-refractivity contribution in [2.75, 3.05) is 24.7 Å². The summed E-state index contributed by atoms with van der Waals surface area (Å²) in [6.07, 6.45) is 3.02. The average molecular weight is 581 g/mol. The Bertz CT molecular complexity index is 1330. The summed E-state index contributed by atoms with van der Waals surface area (Å²) in [5.74, 6) is -3.08. The summed E-state index contributed by atoms with van der Waals surface area (Å²) in [4.78, 5) is 46.0. The molecule has 2 bridgehead atoms. The minimum absolute atomic E-state index is 0.137. The number of ether oxygens (including phenoxy) is 2. The summed E-state index contributed by atoms with van der Waals surface area (Å²) in [7, 11) is 0. The molecule has 8 nitrogen and oxygen atoms in total. The zero-order valence-electron chi connectivity index (χ0n) is 23.7. The first kappa shape index (κ1) is 29.3. The molecular formula is C32H37ClN2O6. The standard InChI is InChI=1S/C32H37ClN2O6/c1-5-18-34(26-20(4)12-11-15-22(26)33)29(38)27-32-17-16-31(6-2,41-32)25(30(39)40-7-3)24(32)28(37)35(27)23(19-36)21-13-9-8-10-14-21/h5,8-15,23-25,27,36H,1,6-7,16-19H2,2-4H3/t23-,24+,25+,27?,31-,32?/m1/s1. The van der Waals surface area contributed by atoms with Gasteiger partial charge in [-0.1, -0.05) is 67.1 Å². The second-order valence-electron chi connectivity index (χ2n) is 11.1. The Balaban J connectivity index is 1.71. The molecule has 3 fully saturated rings. The lowest BCUT2D eigenvalue weighted by Crippen LogP contribution is -2.57. The molecule has 218 valence electrons. The van der Waals surface area contributed by atoms with Gasteiger partial charge in [0, 0.05) is 6.54 Å². The van der Waals surface area contributed by atoms with Crippen LogP contribution in [0.25, 0.3) is 0 Å². The van der Waals surface area contributed by atoms with Crippen molar-refractivity contribution in [3.8, 4) is 0 Å². The molecule has 0 aliphatic carbocycles. The molecule has 3 aliphatic heterocycles. The van der Waals surface area contributed by atoms with Crippen molar-refractivity contribution in [1.82, 2.24) is 4.90 Å². The van der Waals surface area contributed by atoms with Gasteiger partial charge in [-0.2, -0.15) is 0 Å². The highest BCUT2D eigenvalue weighted by Gasteiger charge is 2.79. The molecule has 1 N–H and O–H groups in total. The lowest BCUT2D eigenvalue weighted by molar-refractivity contribution is -0.161. The molecule has 5 rings (SSSR count). The number of hydrogen-bond acceptors (Lipinski definition) is 6. The van der Waals surface area contributed by atoms with E-state index in [1.807, 2.05) is 56.3 Å². The van der Waals surface area contributed by atoms with Crippen LogP contribution in [0.2, 0.25) is 5.02 Å². The van der Waals surface area contributed by atoms with Crippen molar-refractivity contribution >= 4 is 35.1 Å². The molecule has 3 saturated heterocycles. The number of aryl methyl sites for hydroxylation is 1. The molecule has 1 spiro atoms.